The largest absolute Gasteiger partial charge is 0.376 e. The van der Waals surface area contributed by atoms with E-state index in [-0.39, 0.29) is 12.6 Å². The number of hydrogen-bond acceptors (Lipinski definition) is 3. The second-order valence-electron chi connectivity index (χ2n) is 4.66. The van der Waals surface area contributed by atoms with E-state index in [1.165, 1.54) is 0 Å². The SMILES string of the molecule is O=C(NCc1cccc(Cl)c1)C(=O)NC[C@H]1CCCO1. The molecule has 1 aromatic carbocycles. The van der Waals surface area contributed by atoms with E-state index in [0.29, 0.717) is 11.6 Å². The second-order valence-corrected chi connectivity index (χ2v) is 5.09. The lowest BCUT2D eigenvalue weighted by molar-refractivity contribution is -0.139. The first kappa shape index (κ1) is 14.8. The minimum atomic E-state index is -0.650. The maximum absolute atomic E-state index is 11.6. The molecule has 1 aromatic rings. The maximum atomic E-state index is 11.6. The highest BCUT2D eigenvalue weighted by atomic mass is 35.5. The number of nitrogens with one attached hydrogen (secondary N) is 2. The molecule has 0 bridgehead atoms. The van der Waals surface area contributed by atoms with E-state index in [1.807, 2.05) is 6.07 Å². The highest BCUT2D eigenvalue weighted by Gasteiger charge is 2.18. The first-order chi connectivity index (χ1) is 9.65. The summed E-state index contributed by atoms with van der Waals surface area (Å²) in [5, 5.41) is 5.72. The number of hydrogen-bond donors (Lipinski definition) is 2. The summed E-state index contributed by atoms with van der Waals surface area (Å²) in [5.41, 5.74) is 0.845. The molecular formula is C14H17ClN2O3. The molecule has 0 aliphatic carbocycles. The molecule has 2 rings (SSSR count). The Bertz CT molecular complexity index is 487. The fourth-order valence-electron chi connectivity index (χ4n) is 2.00. The van der Waals surface area contributed by atoms with Crippen molar-refractivity contribution in [1.82, 2.24) is 10.6 Å². The van der Waals surface area contributed by atoms with Gasteiger partial charge < -0.3 is 15.4 Å². The van der Waals surface area contributed by atoms with E-state index in [9.17, 15) is 9.59 Å². The standard InChI is InChI=1S/C14H17ClN2O3/c15-11-4-1-3-10(7-11)8-16-13(18)14(19)17-9-12-5-2-6-20-12/h1,3-4,7,12H,2,5-6,8-9H2,(H,16,18)(H,17,19)/t12-/m1/s1. The normalized spacial score (nSPS) is 17.8. The summed E-state index contributed by atoms with van der Waals surface area (Å²) < 4.78 is 5.36. The fraction of sp³-hybridized carbons (Fsp3) is 0.429. The highest BCUT2D eigenvalue weighted by Crippen LogP contribution is 2.11. The Kier molecular flexibility index (Phi) is 5.38. The zero-order chi connectivity index (χ0) is 14.4. The Hall–Kier alpha value is -1.59. The first-order valence-electron chi connectivity index (χ1n) is 6.57. The van der Waals surface area contributed by atoms with Crippen molar-refractivity contribution in [2.45, 2.75) is 25.5 Å². The molecule has 108 valence electrons. The van der Waals surface area contributed by atoms with Crippen LogP contribution in [-0.4, -0.2) is 31.1 Å². The van der Waals surface area contributed by atoms with Gasteiger partial charge in [-0.05, 0) is 30.5 Å². The van der Waals surface area contributed by atoms with Crippen LogP contribution in [0.15, 0.2) is 24.3 Å². The smallest absolute Gasteiger partial charge is 0.309 e. The summed E-state index contributed by atoms with van der Waals surface area (Å²) in [7, 11) is 0. The third-order valence-electron chi connectivity index (χ3n) is 3.06. The lowest BCUT2D eigenvalue weighted by Crippen LogP contribution is -2.42. The lowest BCUT2D eigenvalue weighted by Gasteiger charge is -2.10. The molecule has 1 saturated heterocycles. The van der Waals surface area contributed by atoms with Crippen LogP contribution >= 0.6 is 11.6 Å². The molecule has 0 unspecified atom stereocenters. The monoisotopic (exact) mass is 296 g/mol. The number of ether oxygens (including phenoxy) is 1. The lowest BCUT2D eigenvalue weighted by atomic mass is 10.2. The highest BCUT2D eigenvalue weighted by molar-refractivity contribution is 6.35. The zero-order valence-electron chi connectivity index (χ0n) is 11.0. The Morgan fingerprint density at radius 2 is 2.10 bits per heavy atom. The van der Waals surface area contributed by atoms with Gasteiger partial charge in [-0.2, -0.15) is 0 Å². The molecular weight excluding hydrogens is 280 g/mol. The summed E-state index contributed by atoms with van der Waals surface area (Å²) in [6.07, 6.45) is 1.95. The number of halogens is 1. The van der Waals surface area contributed by atoms with E-state index >= 15 is 0 Å². The fourth-order valence-corrected chi connectivity index (χ4v) is 2.21. The molecule has 20 heavy (non-hydrogen) atoms. The number of carbonyl (C=O) groups is 2. The van der Waals surface area contributed by atoms with Gasteiger partial charge in [-0.25, -0.2) is 0 Å². The van der Waals surface area contributed by atoms with Crippen molar-refractivity contribution in [2.24, 2.45) is 0 Å². The molecule has 0 saturated carbocycles. The molecule has 0 spiro atoms. The third-order valence-corrected chi connectivity index (χ3v) is 3.30. The van der Waals surface area contributed by atoms with Crippen LogP contribution in [0.4, 0.5) is 0 Å². The van der Waals surface area contributed by atoms with Crippen molar-refractivity contribution in [3.63, 3.8) is 0 Å². The van der Waals surface area contributed by atoms with Gasteiger partial charge in [0.1, 0.15) is 0 Å². The molecule has 1 heterocycles. The number of amides is 2. The topological polar surface area (TPSA) is 67.4 Å². The van der Waals surface area contributed by atoms with Crippen LogP contribution < -0.4 is 10.6 Å². The van der Waals surface area contributed by atoms with E-state index < -0.39 is 11.8 Å². The van der Waals surface area contributed by atoms with Gasteiger partial charge >= 0.3 is 11.8 Å². The first-order valence-corrected chi connectivity index (χ1v) is 6.95. The molecule has 1 aliphatic rings. The summed E-state index contributed by atoms with van der Waals surface area (Å²) in [5.74, 6) is -1.29. The number of carbonyl (C=O) groups excluding carboxylic acids is 2. The van der Waals surface area contributed by atoms with E-state index in [4.69, 9.17) is 16.3 Å². The molecule has 1 fully saturated rings. The van der Waals surface area contributed by atoms with Gasteiger partial charge in [0.2, 0.25) is 0 Å². The quantitative estimate of drug-likeness (QED) is 0.822. The number of benzene rings is 1. The second kappa shape index (κ2) is 7.26. The average Bonchev–Trinajstić information content (AvgIpc) is 2.95. The van der Waals surface area contributed by atoms with Crippen LogP contribution in [0.5, 0.6) is 0 Å². The van der Waals surface area contributed by atoms with Gasteiger partial charge in [0, 0.05) is 24.7 Å². The van der Waals surface area contributed by atoms with Crippen molar-refractivity contribution >= 4 is 23.4 Å². The molecule has 1 atom stereocenters. The van der Waals surface area contributed by atoms with Crippen molar-refractivity contribution in [3.05, 3.63) is 34.9 Å². The van der Waals surface area contributed by atoms with Crippen LogP contribution in [-0.2, 0) is 20.9 Å². The van der Waals surface area contributed by atoms with Crippen LogP contribution in [0.1, 0.15) is 18.4 Å². The zero-order valence-corrected chi connectivity index (χ0v) is 11.8. The van der Waals surface area contributed by atoms with E-state index in [1.54, 1.807) is 18.2 Å². The van der Waals surface area contributed by atoms with Crippen LogP contribution in [0.3, 0.4) is 0 Å². The summed E-state index contributed by atoms with van der Waals surface area (Å²) in [6.45, 7) is 1.37. The van der Waals surface area contributed by atoms with Crippen LogP contribution in [0.2, 0.25) is 5.02 Å². The third kappa shape index (κ3) is 4.51. The van der Waals surface area contributed by atoms with Gasteiger partial charge in [-0.3, -0.25) is 9.59 Å². The predicted molar refractivity (Wildman–Crippen MR) is 75.3 cm³/mol. The van der Waals surface area contributed by atoms with E-state index in [0.717, 1.165) is 25.0 Å². The summed E-state index contributed by atoms with van der Waals surface area (Å²) in [4.78, 5) is 23.2. The van der Waals surface area contributed by atoms with Crippen molar-refractivity contribution in [1.29, 1.82) is 0 Å². The van der Waals surface area contributed by atoms with Crippen LogP contribution in [0, 0.1) is 0 Å². The minimum Gasteiger partial charge on any atom is -0.376 e. The average molecular weight is 297 g/mol. The Balaban J connectivity index is 1.72. The van der Waals surface area contributed by atoms with E-state index in [2.05, 4.69) is 10.6 Å². The van der Waals surface area contributed by atoms with Crippen molar-refractivity contribution in [2.75, 3.05) is 13.2 Å². The maximum Gasteiger partial charge on any atom is 0.309 e. The Labute approximate surface area is 122 Å². The van der Waals surface area contributed by atoms with Crippen LogP contribution in [0.25, 0.3) is 0 Å². The minimum absolute atomic E-state index is 0.0275. The molecule has 6 heteroatoms. The summed E-state index contributed by atoms with van der Waals surface area (Å²) >= 11 is 5.84. The molecule has 1 aliphatic heterocycles. The van der Waals surface area contributed by atoms with Gasteiger partial charge in [0.05, 0.1) is 6.10 Å². The molecule has 5 nitrogen and oxygen atoms in total. The van der Waals surface area contributed by atoms with Gasteiger partial charge in [0.25, 0.3) is 0 Å². The van der Waals surface area contributed by atoms with Gasteiger partial charge in [-0.1, -0.05) is 23.7 Å². The van der Waals surface area contributed by atoms with Crippen molar-refractivity contribution in [3.8, 4) is 0 Å². The molecule has 0 radical (unpaired) electrons. The predicted octanol–water partition coefficient (Wildman–Crippen LogP) is 1.25. The molecule has 2 N–H and O–H groups in total. The number of rotatable bonds is 4. The molecule has 0 aromatic heterocycles. The molecule has 2 amide bonds. The van der Waals surface area contributed by atoms with Gasteiger partial charge in [0.15, 0.2) is 0 Å². The van der Waals surface area contributed by atoms with Gasteiger partial charge in [-0.15, -0.1) is 0 Å². The Morgan fingerprint density at radius 1 is 1.30 bits per heavy atom. The summed E-state index contributed by atoms with van der Waals surface area (Å²) in [6, 6.07) is 7.12. The van der Waals surface area contributed by atoms with Crippen molar-refractivity contribution < 1.29 is 14.3 Å². The Morgan fingerprint density at radius 3 is 2.80 bits per heavy atom.